The fraction of sp³-hybridized carbons (Fsp3) is 0.435. The van der Waals surface area contributed by atoms with Crippen LogP contribution in [0, 0.1) is 6.92 Å². The molecule has 3 rings (SSSR count). The van der Waals surface area contributed by atoms with E-state index in [1.54, 1.807) is 6.92 Å². The molecule has 7 nitrogen and oxygen atoms in total. The first kappa shape index (κ1) is 23.1. The van der Waals surface area contributed by atoms with Crippen LogP contribution >= 0.6 is 11.8 Å². The smallest absolute Gasteiger partial charge is 0.338 e. The number of nitrogens with one attached hydrogen (secondary N) is 1. The highest BCUT2D eigenvalue weighted by Gasteiger charge is 2.41. The average molecular weight is 443 g/mol. The summed E-state index contributed by atoms with van der Waals surface area (Å²) in [5.74, 6) is -0.426. The number of esters is 1. The fourth-order valence-corrected chi connectivity index (χ4v) is 4.64. The van der Waals surface area contributed by atoms with Gasteiger partial charge in [0.25, 0.3) is 0 Å². The number of benzene rings is 1. The Kier molecular flexibility index (Phi) is 7.56. The van der Waals surface area contributed by atoms with E-state index in [-0.39, 0.29) is 24.3 Å². The van der Waals surface area contributed by atoms with Gasteiger partial charge in [0.1, 0.15) is 0 Å². The van der Waals surface area contributed by atoms with Crippen molar-refractivity contribution in [3.63, 3.8) is 0 Å². The van der Waals surface area contributed by atoms with Crippen molar-refractivity contribution in [1.82, 2.24) is 15.1 Å². The fourth-order valence-electron chi connectivity index (χ4n) is 3.67. The van der Waals surface area contributed by atoms with Crippen LogP contribution in [0.5, 0.6) is 0 Å². The summed E-state index contributed by atoms with van der Waals surface area (Å²) in [6.45, 7) is 7.31. The normalized spacial score (nSPS) is 18.0. The summed E-state index contributed by atoms with van der Waals surface area (Å²) in [4.78, 5) is 34.2. The van der Waals surface area contributed by atoms with Crippen molar-refractivity contribution in [2.24, 2.45) is 4.99 Å². The van der Waals surface area contributed by atoms with Crippen LogP contribution in [-0.4, -0.2) is 60.6 Å². The van der Waals surface area contributed by atoms with Gasteiger partial charge in [-0.25, -0.2) is 9.79 Å². The van der Waals surface area contributed by atoms with E-state index in [9.17, 15) is 9.59 Å². The maximum Gasteiger partial charge on any atom is 0.338 e. The lowest BCUT2D eigenvalue weighted by Crippen LogP contribution is -2.39. The van der Waals surface area contributed by atoms with Gasteiger partial charge in [-0.1, -0.05) is 36.0 Å². The first-order valence-corrected chi connectivity index (χ1v) is 11.3. The number of likely N-dealkylation sites (N-methyl/N-ethyl adjacent to an activating group) is 1. The first-order chi connectivity index (χ1) is 14.8. The summed E-state index contributed by atoms with van der Waals surface area (Å²) in [6.07, 6.45) is 0.219. The summed E-state index contributed by atoms with van der Waals surface area (Å²) in [5.41, 5.74) is 4.05. The van der Waals surface area contributed by atoms with Crippen LogP contribution in [0.2, 0.25) is 0 Å². The molecule has 1 aromatic carbocycles. The molecule has 0 unspecified atom stereocenters. The number of hydrogen-bond donors (Lipinski definition) is 1. The SMILES string of the molecule is CCOC(=O)C1=C(C)N=C2SC=C(CC(=O)NCCN(C)C)N2[C@@H]1c1ccccc1C. The van der Waals surface area contributed by atoms with E-state index in [2.05, 4.69) is 10.3 Å². The number of allylic oxidation sites excluding steroid dienone is 1. The topological polar surface area (TPSA) is 74.2 Å². The summed E-state index contributed by atoms with van der Waals surface area (Å²) < 4.78 is 5.38. The third-order valence-electron chi connectivity index (χ3n) is 5.20. The molecule has 8 heteroatoms. The summed E-state index contributed by atoms with van der Waals surface area (Å²) >= 11 is 1.48. The van der Waals surface area contributed by atoms with E-state index in [1.165, 1.54) is 11.8 Å². The molecule has 166 valence electrons. The lowest BCUT2D eigenvalue weighted by molar-refractivity contribution is -0.139. The molecule has 0 aromatic heterocycles. The van der Waals surface area contributed by atoms with E-state index >= 15 is 0 Å². The number of aliphatic imine (C=N–C) groups is 1. The van der Waals surface area contributed by atoms with Crippen LogP contribution in [0.15, 0.2) is 51.6 Å². The Balaban J connectivity index is 1.94. The van der Waals surface area contributed by atoms with E-state index in [0.717, 1.165) is 28.5 Å². The molecule has 0 spiro atoms. The molecule has 0 fully saturated rings. The Labute approximate surface area is 188 Å². The van der Waals surface area contributed by atoms with E-state index < -0.39 is 0 Å². The van der Waals surface area contributed by atoms with E-state index in [0.29, 0.717) is 24.4 Å². The minimum atomic E-state index is -0.386. The lowest BCUT2D eigenvalue weighted by atomic mass is 9.91. The number of ether oxygens (including phenoxy) is 1. The summed E-state index contributed by atoms with van der Waals surface area (Å²) in [6, 6.07) is 7.60. The largest absolute Gasteiger partial charge is 0.463 e. The van der Waals surface area contributed by atoms with E-state index in [4.69, 9.17) is 4.74 Å². The molecule has 0 saturated heterocycles. The zero-order valence-electron chi connectivity index (χ0n) is 18.8. The highest BCUT2D eigenvalue weighted by atomic mass is 32.2. The number of amidine groups is 1. The van der Waals surface area contributed by atoms with E-state index in [1.807, 2.05) is 67.4 Å². The standard InChI is InChI=1S/C23H30N4O3S/c1-6-30-22(29)20-16(3)25-23-27(21(20)18-10-8-7-9-15(18)2)17(14-31-23)13-19(28)24-11-12-26(4)5/h7-10,14,21H,6,11-13H2,1-5H3,(H,24,28)/t21-/m1/s1. The predicted octanol–water partition coefficient (Wildman–Crippen LogP) is 3.20. The number of nitrogens with zero attached hydrogens (tertiary/aromatic N) is 3. The van der Waals surface area contributed by atoms with Crippen LogP contribution in [-0.2, 0) is 14.3 Å². The molecule has 0 saturated carbocycles. The Morgan fingerprint density at radius 1 is 1.26 bits per heavy atom. The quantitative estimate of drug-likeness (QED) is 0.624. The lowest BCUT2D eigenvalue weighted by Gasteiger charge is -2.37. The Morgan fingerprint density at radius 3 is 2.68 bits per heavy atom. The monoisotopic (exact) mass is 442 g/mol. The number of carbonyl (C=O) groups is 2. The minimum absolute atomic E-state index is 0.0533. The number of hydrogen-bond acceptors (Lipinski definition) is 7. The molecule has 1 aromatic rings. The molecule has 2 heterocycles. The van der Waals surface area contributed by atoms with Crippen molar-refractivity contribution in [1.29, 1.82) is 0 Å². The van der Waals surface area contributed by atoms with Gasteiger partial charge in [0.05, 0.1) is 30.3 Å². The van der Waals surface area contributed by atoms with Gasteiger partial charge in [-0.2, -0.15) is 0 Å². The van der Waals surface area contributed by atoms with Crippen molar-refractivity contribution in [3.8, 4) is 0 Å². The molecule has 0 bridgehead atoms. The molecule has 2 aliphatic heterocycles. The maximum absolute atomic E-state index is 12.9. The van der Waals surface area contributed by atoms with Crippen LogP contribution in [0.1, 0.15) is 37.4 Å². The second-order valence-electron chi connectivity index (χ2n) is 7.80. The first-order valence-electron chi connectivity index (χ1n) is 10.4. The highest BCUT2D eigenvalue weighted by molar-refractivity contribution is 8.16. The second kappa shape index (κ2) is 10.2. The molecule has 2 aliphatic rings. The van der Waals surface area contributed by atoms with Gasteiger partial charge >= 0.3 is 5.97 Å². The molecular weight excluding hydrogens is 412 g/mol. The van der Waals surface area contributed by atoms with Crippen molar-refractivity contribution in [2.45, 2.75) is 33.2 Å². The number of aryl methyl sites for hydroxylation is 1. The predicted molar refractivity (Wildman–Crippen MR) is 124 cm³/mol. The zero-order chi connectivity index (χ0) is 22.5. The summed E-state index contributed by atoms with van der Waals surface area (Å²) in [5, 5.41) is 5.69. The third-order valence-corrected chi connectivity index (χ3v) is 6.09. The van der Waals surface area contributed by atoms with Gasteiger partial charge in [0.2, 0.25) is 5.91 Å². The maximum atomic E-state index is 12.9. The number of rotatable bonds is 8. The van der Waals surface area contributed by atoms with Gasteiger partial charge in [-0.05, 0) is 51.4 Å². The summed E-state index contributed by atoms with van der Waals surface area (Å²) in [7, 11) is 3.94. The van der Waals surface area contributed by atoms with Gasteiger partial charge < -0.3 is 19.9 Å². The van der Waals surface area contributed by atoms with Crippen LogP contribution in [0.25, 0.3) is 0 Å². The molecule has 0 aliphatic carbocycles. The average Bonchev–Trinajstić information content (AvgIpc) is 3.09. The van der Waals surface area contributed by atoms with Crippen molar-refractivity contribution in [2.75, 3.05) is 33.8 Å². The molecule has 0 radical (unpaired) electrons. The second-order valence-corrected chi connectivity index (χ2v) is 8.64. The number of thioether (sulfide) groups is 1. The minimum Gasteiger partial charge on any atom is -0.463 e. The molecule has 1 atom stereocenters. The number of carbonyl (C=O) groups excluding carboxylic acids is 2. The van der Waals surface area contributed by atoms with Gasteiger partial charge in [0.15, 0.2) is 5.17 Å². The Morgan fingerprint density at radius 2 is 2.00 bits per heavy atom. The number of amides is 1. The van der Waals surface area contributed by atoms with Gasteiger partial charge in [0, 0.05) is 18.8 Å². The van der Waals surface area contributed by atoms with Crippen LogP contribution in [0.3, 0.4) is 0 Å². The van der Waals surface area contributed by atoms with Crippen molar-refractivity contribution < 1.29 is 14.3 Å². The van der Waals surface area contributed by atoms with Gasteiger partial charge in [-0.15, -0.1) is 0 Å². The Bertz CT molecular complexity index is 952. The van der Waals surface area contributed by atoms with Crippen molar-refractivity contribution >= 4 is 28.8 Å². The zero-order valence-corrected chi connectivity index (χ0v) is 19.6. The van der Waals surface area contributed by atoms with Crippen molar-refractivity contribution in [3.05, 3.63) is 57.8 Å². The number of fused-ring (bicyclic) bond motifs is 1. The van der Waals surface area contributed by atoms with Gasteiger partial charge in [-0.3, -0.25) is 4.79 Å². The Hall–Kier alpha value is -2.58. The highest BCUT2D eigenvalue weighted by Crippen LogP contribution is 2.45. The molecule has 31 heavy (non-hydrogen) atoms. The van der Waals surface area contributed by atoms with Crippen LogP contribution in [0.4, 0.5) is 0 Å². The molecule has 1 amide bonds. The third kappa shape index (κ3) is 5.19. The molecular formula is C23H30N4O3S. The van der Waals surface area contributed by atoms with Crippen LogP contribution < -0.4 is 5.32 Å². The molecule has 1 N–H and O–H groups in total.